The van der Waals surface area contributed by atoms with Crippen LogP contribution >= 0.6 is 0 Å². The summed E-state index contributed by atoms with van der Waals surface area (Å²) < 4.78 is 5.44. The summed E-state index contributed by atoms with van der Waals surface area (Å²) >= 11 is 0. The van der Waals surface area contributed by atoms with Gasteiger partial charge in [-0.3, -0.25) is 10.1 Å². The van der Waals surface area contributed by atoms with Gasteiger partial charge in [0.1, 0.15) is 6.10 Å². The van der Waals surface area contributed by atoms with Crippen LogP contribution in [-0.2, 0) is 4.74 Å². The molecule has 0 heterocycles. The van der Waals surface area contributed by atoms with Crippen LogP contribution < -0.4 is 0 Å². The van der Waals surface area contributed by atoms with Crippen molar-refractivity contribution in [3.05, 3.63) is 75.8 Å². The number of ether oxygens (including phenoxy) is 1. The molecule has 0 saturated carbocycles. The number of carbonyl (C=O) groups is 1. The fraction of sp³-hybridized carbons (Fsp3) is 0.176. The Bertz CT molecular complexity index is 735. The third-order valence-corrected chi connectivity index (χ3v) is 3.33. The van der Waals surface area contributed by atoms with Crippen molar-refractivity contribution in [2.75, 3.05) is 0 Å². The number of benzene rings is 2. The monoisotopic (exact) mass is 310 g/mol. The lowest BCUT2D eigenvalue weighted by Gasteiger charge is -2.20. The van der Waals surface area contributed by atoms with Gasteiger partial charge in [0.15, 0.2) is 0 Å². The average Bonchev–Trinajstić information content (AvgIpc) is 2.59. The van der Waals surface area contributed by atoms with E-state index in [4.69, 9.17) is 10.00 Å². The molecule has 0 saturated heterocycles. The molecule has 0 radical (unpaired) electrons. The summed E-state index contributed by atoms with van der Waals surface area (Å²) in [6.07, 6.45) is -0.705. The molecule has 0 amide bonds. The number of nitrogens with zero attached hydrogens (tertiary/aromatic N) is 2. The molecule has 0 aliphatic carbocycles. The van der Waals surface area contributed by atoms with Crippen molar-refractivity contribution in [2.45, 2.75) is 13.0 Å². The Hall–Kier alpha value is -3.20. The summed E-state index contributed by atoms with van der Waals surface area (Å²) in [6.45, 7) is 1.67. The Morgan fingerprint density at radius 3 is 2.30 bits per heavy atom. The van der Waals surface area contributed by atoms with Gasteiger partial charge in [-0.05, 0) is 24.6 Å². The molecule has 0 unspecified atom stereocenters. The fourth-order valence-corrected chi connectivity index (χ4v) is 2.07. The van der Waals surface area contributed by atoms with Crippen molar-refractivity contribution in [1.82, 2.24) is 0 Å². The van der Waals surface area contributed by atoms with Gasteiger partial charge in [-0.2, -0.15) is 5.26 Å². The third-order valence-electron chi connectivity index (χ3n) is 3.33. The predicted molar refractivity (Wildman–Crippen MR) is 82.5 cm³/mol. The minimum atomic E-state index is -0.705. The summed E-state index contributed by atoms with van der Waals surface area (Å²) in [4.78, 5) is 22.3. The highest BCUT2D eigenvalue weighted by Crippen LogP contribution is 2.27. The molecule has 2 rings (SSSR count). The van der Waals surface area contributed by atoms with Crippen LogP contribution in [0, 0.1) is 27.4 Å². The second kappa shape index (κ2) is 7.18. The van der Waals surface area contributed by atoms with Crippen LogP contribution in [0.1, 0.15) is 28.9 Å². The molecule has 2 aromatic carbocycles. The molecular weight excluding hydrogens is 296 g/mol. The zero-order chi connectivity index (χ0) is 16.8. The third kappa shape index (κ3) is 3.92. The van der Waals surface area contributed by atoms with Crippen LogP contribution in [0.2, 0.25) is 0 Å². The Morgan fingerprint density at radius 2 is 1.78 bits per heavy atom. The standard InChI is InChI=1S/C17H14N2O4/c1-12(11-18)16(13-5-3-2-4-6-13)23-17(20)14-7-9-15(10-8-14)19(21)22/h2-10,12,16H,1H3/t12-,16-/m1/s1. The van der Waals surface area contributed by atoms with E-state index in [1.54, 1.807) is 31.2 Å². The summed E-state index contributed by atoms with van der Waals surface area (Å²) in [6, 6.07) is 16.2. The van der Waals surface area contributed by atoms with Crippen molar-refractivity contribution in [1.29, 1.82) is 5.26 Å². The summed E-state index contributed by atoms with van der Waals surface area (Å²) in [5, 5.41) is 19.8. The molecule has 0 aliphatic rings. The van der Waals surface area contributed by atoms with E-state index in [9.17, 15) is 14.9 Å². The van der Waals surface area contributed by atoms with Crippen LogP contribution in [0.3, 0.4) is 0 Å². The van der Waals surface area contributed by atoms with Gasteiger partial charge < -0.3 is 4.74 Å². The second-order valence-corrected chi connectivity index (χ2v) is 4.96. The number of hydrogen-bond acceptors (Lipinski definition) is 5. The Kier molecular flexibility index (Phi) is 5.05. The lowest BCUT2D eigenvalue weighted by atomic mass is 9.98. The predicted octanol–water partition coefficient (Wildman–Crippen LogP) is 3.65. The smallest absolute Gasteiger partial charge is 0.338 e. The fourth-order valence-electron chi connectivity index (χ4n) is 2.07. The number of non-ortho nitro benzene ring substituents is 1. The Balaban J connectivity index is 2.21. The maximum Gasteiger partial charge on any atom is 0.338 e. The van der Waals surface area contributed by atoms with Crippen molar-refractivity contribution < 1.29 is 14.5 Å². The molecule has 23 heavy (non-hydrogen) atoms. The van der Waals surface area contributed by atoms with Gasteiger partial charge in [-0.25, -0.2) is 4.79 Å². The SMILES string of the molecule is C[C@H](C#N)[C@@H](OC(=O)c1ccc([N+](=O)[O-])cc1)c1ccccc1. The van der Waals surface area contributed by atoms with Crippen molar-refractivity contribution in [2.24, 2.45) is 5.92 Å². The number of nitro benzene ring substituents is 1. The van der Waals surface area contributed by atoms with E-state index >= 15 is 0 Å². The zero-order valence-corrected chi connectivity index (χ0v) is 12.4. The first-order valence-corrected chi connectivity index (χ1v) is 6.93. The molecule has 2 atom stereocenters. The molecular formula is C17H14N2O4. The minimum Gasteiger partial charge on any atom is -0.452 e. The van der Waals surface area contributed by atoms with Crippen LogP contribution in [0.15, 0.2) is 54.6 Å². The van der Waals surface area contributed by atoms with Gasteiger partial charge >= 0.3 is 5.97 Å². The number of rotatable bonds is 5. The maximum absolute atomic E-state index is 12.2. The Morgan fingerprint density at radius 1 is 1.17 bits per heavy atom. The van der Waals surface area contributed by atoms with Crippen LogP contribution in [0.25, 0.3) is 0 Å². The van der Waals surface area contributed by atoms with Crippen molar-refractivity contribution in [3.63, 3.8) is 0 Å². The van der Waals surface area contributed by atoms with E-state index < -0.39 is 22.9 Å². The number of nitriles is 1. The quantitative estimate of drug-likeness (QED) is 0.477. The summed E-state index contributed by atoms with van der Waals surface area (Å²) in [5.74, 6) is -1.16. The number of esters is 1. The molecule has 116 valence electrons. The van der Waals surface area contributed by atoms with E-state index in [2.05, 4.69) is 6.07 Å². The number of hydrogen-bond donors (Lipinski definition) is 0. The Labute approximate surface area is 133 Å². The largest absolute Gasteiger partial charge is 0.452 e. The summed E-state index contributed by atoms with van der Waals surface area (Å²) in [7, 11) is 0. The maximum atomic E-state index is 12.2. The number of nitro groups is 1. The van der Waals surface area contributed by atoms with E-state index in [1.165, 1.54) is 24.3 Å². The van der Waals surface area contributed by atoms with Crippen LogP contribution in [0.5, 0.6) is 0 Å². The molecule has 0 aromatic heterocycles. The van der Waals surface area contributed by atoms with Crippen LogP contribution in [-0.4, -0.2) is 10.9 Å². The second-order valence-electron chi connectivity index (χ2n) is 4.96. The number of carbonyl (C=O) groups excluding carboxylic acids is 1. The van der Waals surface area contributed by atoms with Gasteiger partial charge in [-0.1, -0.05) is 30.3 Å². The average molecular weight is 310 g/mol. The molecule has 0 bridgehead atoms. The van der Waals surface area contributed by atoms with Crippen LogP contribution in [0.4, 0.5) is 5.69 Å². The lowest BCUT2D eigenvalue weighted by molar-refractivity contribution is -0.384. The highest BCUT2D eigenvalue weighted by molar-refractivity contribution is 5.89. The molecule has 6 heteroatoms. The highest BCUT2D eigenvalue weighted by Gasteiger charge is 2.24. The van der Waals surface area contributed by atoms with E-state index in [-0.39, 0.29) is 11.3 Å². The topological polar surface area (TPSA) is 93.2 Å². The van der Waals surface area contributed by atoms with E-state index in [0.29, 0.717) is 0 Å². The van der Waals surface area contributed by atoms with Gasteiger partial charge in [0.05, 0.1) is 22.5 Å². The van der Waals surface area contributed by atoms with Crippen molar-refractivity contribution >= 4 is 11.7 Å². The minimum absolute atomic E-state index is 0.105. The molecule has 0 spiro atoms. The molecule has 2 aromatic rings. The first kappa shape index (κ1) is 16.2. The van der Waals surface area contributed by atoms with Gasteiger partial charge in [-0.15, -0.1) is 0 Å². The first-order chi connectivity index (χ1) is 11.0. The van der Waals surface area contributed by atoms with E-state index in [1.807, 2.05) is 6.07 Å². The van der Waals surface area contributed by atoms with E-state index in [0.717, 1.165) is 5.56 Å². The summed E-state index contributed by atoms with van der Waals surface area (Å²) in [5.41, 5.74) is 0.810. The first-order valence-electron chi connectivity index (χ1n) is 6.93. The molecule has 0 fully saturated rings. The zero-order valence-electron chi connectivity index (χ0n) is 12.4. The molecule has 0 aliphatic heterocycles. The van der Waals surface area contributed by atoms with Gasteiger partial charge in [0, 0.05) is 12.1 Å². The van der Waals surface area contributed by atoms with Gasteiger partial charge in [0.25, 0.3) is 5.69 Å². The molecule has 6 nitrogen and oxygen atoms in total. The lowest BCUT2D eigenvalue weighted by Crippen LogP contribution is -2.17. The van der Waals surface area contributed by atoms with Gasteiger partial charge in [0.2, 0.25) is 0 Å². The molecule has 0 N–H and O–H groups in total. The highest BCUT2D eigenvalue weighted by atomic mass is 16.6. The normalized spacial score (nSPS) is 12.7. The van der Waals surface area contributed by atoms with Crippen molar-refractivity contribution in [3.8, 4) is 6.07 Å².